The van der Waals surface area contributed by atoms with Crippen molar-refractivity contribution in [3.8, 4) is 0 Å². The largest absolute Gasteiger partial charge is 0.481 e. The Hall–Kier alpha value is -4.37. The van der Waals surface area contributed by atoms with E-state index in [-0.39, 0.29) is 31.4 Å². The standard InChI is InChI=1S/C27H30N4O10S/c1-42(39,40)29-19-11-12-23(33)30-13-5-10-21(31(30)26(19)37)25(36)28-20(14-24(34)35)22(32)15-41-27(38)18-9-4-7-16-6-2-3-8-17(16)18/h2-4,6-9,19-21,29H,5,10-15H2,1H3,(H,28,36)(H,34,35). The van der Waals surface area contributed by atoms with Crippen LogP contribution in [0.25, 0.3) is 10.8 Å². The van der Waals surface area contributed by atoms with Gasteiger partial charge in [0.2, 0.25) is 21.8 Å². The highest BCUT2D eigenvalue weighted by Gasteiger charge is 2.45. The fourth-order valence-electron chi connectivity index (χ4n) is 5.05. The molecule has 2 fully saturated rings. The first-order chi connectivity index (χ1) is 19.9. The summed E-state index contributed by atoms with van der Waals surface area (Å²) < 4.78 is 31.0. The molecule has 0 aliphatic carbocycles. The zero-order chi connectivity index (χ0) is 30.6. The van der Waals surface area contributed by atoms with Gasteiger partial charge < -0.3 is 15.2 Å². The molecule has 2 saturated heterocycles. The van der Waals surface area contributed by atoms with E-state index in [9.17, 15) is 42.3 Å². The molecule has 2 aromatic carbocycles. The Morgan fingerprint density at radius 1 is 1.07 bits per heavy atom. The molecule has 42 heavy (non-hydrogen) atoms. The van der Waals surface area contributed by atoms with E-state index in [1.54, 1.807) is 36.4 Å². The molecule has 2 aliphatic rings. The summed E-state index contributed by atoms with van der Waals surface area (Å²) in [6.07, 6.45) is 0.146. The maximum atomic E-state index is 13.4. The average Bonchev–Trinajstić information content (AvgIpc) is 3.06. The van der Waals surface area contributed by atoms with Crippen LogP contribution in [0.4, 0.5) is 0 Å². The monoisotopic (exact) mass is 602 g/mol. The second-order valence-electron chi connectivity index (χ2n) is 10.1. The Kier molecular flexibility index (Phi) is 9.21. The first-order valence-electron chi connectivity index (χ1n) is 13.2. The van der Waals surface area contributed by atoms with Crippen molar-refractivity contribution in [1.82, 2.24) is 20.1 Å². The third-order valence-electron chi connectivity index (χ3n) is 6.96. The molecule has 14 nitrogen and oxygen atoms in total. The molecule has 3 N–H and O–H groups in total. The molecule has 0 saturated carbocycles. The van der Waals surface area contributed by atoms with Gasteiger partial charge in [-0.25, -0.2) is 22.9 Å². The predicted octanol–water partition coefficient (Wildman–Crippen LogP) is -0.0286. The number of carboxylic acid groups (broad SMARTS) is 1. The van der Waals surface area contributed by atoms with Crippen molar-refractivity contribution in [2.75, 3.05) is 19.4 Å². The van der Waals surface area contributed by atoms with Crippen LogP contribution in [0.3, 0.4) is 0 Å². The number of fused-ring (bicyclic) bond motifs is 2. The van der Waals surface area contributed by atoms with Crippen molar-refractivity contribution < 1.29 is 47.0 Å². The lowest BCUT2D eigenvalue weighted by Crippen LogP contribution is -2.64. The van der Waals surface area contributed by atoms with Crippen LogP contribution in [0.2, 0.25) is 0 Å². The fraction of sp³-hybridized carbons (Fsp3) is 0.407. The van der Waals surface area contributed by atoms with Gasteiger partial charge in [-0.05, 0) is 36.1 Å². The van der Waals surface area contributed by atoms with Crippen molar-refractivity contribution in [2.45, 2.75) is 50.2 Å². The molecular formula is C27H30N4O10S. The van der Waals surface area contributed by atoms with E-state index in [4.69, 9.17) is 4.74 Å². The number of hydrogen-bond acceptors (Lipinski definition) is 9. The molecule has 0 radical (unpaired) electrons. The summed E-state index contributed by atoms with van der Waals surface area (Å²) in [6, 6.07) is 7.76. The van der Waals surface area contributed by atoms with E-state index < -0.39 is 76.6 Å². The third kappa shape index (κ3) is 7.09. The van der Waals surface area contributed by atoms with E-state index in [0.717, 1.165) is 21.7 Å². The van der Waals surface area contributed by atoms with Gasteiger partial charge in [0.05, 0.1) is 18.2 Å². The Morgan fingerprint density at radius 2 is 1.79 bits per heavy atom. The minimum absolute atomic E-state index is 0.0665. The molecule has 0 aromatic heterocycles. The highest BCUT2D eigenvalue weighted by molar-refractivity contribution is 7.88. The first kappa shape index (κ1) is 30.6. The van der Waals surface area contributed by atoms with E-state index in [2.05, 4.69) is 10.0 Å². The number of carboxylic acids is 1. The molecule has 0 spiro atoms. The molecule has 3 amide bonds. The quantitative estimate of drug-likeness (QED) is 0.311. The normalized spacial score (nSPS) is 19.9. The molecule has 224 valence electrons. The van der Waals surface area contributed by atoms with Crippen molar-refractivity contribution in [3.05, 3.63) is 48.0 Å². The van der Waals surface area contributed by atoms with Gasteiger partial charge in [0.15, 0.2) is 12.4 Å². The van der Waals surface area contributed by atoms with Crippen LogP contribution in [-0.2, 0) is 38.7 Å². The number of rotatable bonds is 10. The van der Waals surface area contributed by atoms with Gasteiger partial charge in [0.1, 0.15) is 18.1 Å². The molecule has 4 rings (SSSR count). The molecule has 15 heteroatoms. The predicted molar refractivity (Wildman–Crippen MR) is 146 cm³/mol. The summed E-state index contributed by atoms with van der Waals surface area (Å²) in [7, 11) is -3.83. The number of carbonyl (C=O) groups is 6. The van der Waals surface area contributed by atoms with Gasteiger partial charge in [0, 0.05) is 13.0 Å². The molecule has 3 atom stereocenters. The van der Waals surface area contributed by atoms with E-state index in [0.29, 0.717) is 11.8 Å². The number of esters is 1. The number of nitrogens with one attached hydrogen (secondary N) is 2. The summed E-state index contributed by atoms with van der Waals surface area (Å²) in [5, 5.41) is 15.0. The molecule has 3 unspecified atom stereocenters. The van der Waals surface area contributed by atoms with Crippen LogP contribution in [0.1, 0.15) is 42.5 Å². The third-order valence-corrected chi connectivity index (χ3v) is 7.67. The highest BCUT2D eigenvalue weighted by atomic mass is 32.2. The molecule has 0 bridgehead atoms. The average molecular weight is 603 g/mol. The second-order valence-corrected chi connectivity index (χ2v) is 11.8. The molecule has 2 aliphatic heterocycles. The molecule has 2 heterocycles. The maximum absolute atomic E-state index is 13.4. The Labute approximate surface area is 241 Å². The van der Waals surface area contributed by atoms with Crippen molar-refractivity contribution in [3.63, 3.8) is 0 Å². The number of aliphatic carboxylic acids is 1. The number of hydrazine groups is 1. The number of ketones is 1. The van der Waals surface area contributed by atoms with Gasteiger partial charge in [-0.1, -0.05) is 36.4 Å². The Balaban J connectivity index is 1.49. The van der Waals surface area contributed by atoms with Crippen LogP contribution in [0.15, 0.2) is 42.5 Å². The van der Waals surface area contributed by atoms with Crippen LogP contribution in [0, 0.1) is 0 Å². The maximum Gasteiger partial charge on any atom is 0.339 e. The molecule has 2 aromatic rings. The lowest BCUT2D eigenvalue weighted by Gasteiger charge is -2.43. The number of ether oxygens (including phenoxy) is 1. The number of Topliss-reactive ketones (excluding diaryl/α,β-unsaturated/α-hetero) is 1. The minimum atomic E-state index is -3.83. The summed E-state index contributed by atoms with van der Waals surface area (Å²) in [5.41, 5.74) is 0.198. The van der Waals surface area contributed by atoms with Crippen LogP contribution < -0.4 is 10.0 Å². The SMILES string of the molecule is CS(=O)(=O)NC1CCC(=O)N2CCCC(C(=O)NC(CC(=O)O)C(=O)COC(=O)c3cccc4ccccc34)N2C1=O. The lowest BCUT2D eigenvalue weighted by atomic mass is 10.0. The van der Waals surface area contributed by atoms with Crippen LogP contribution in [0.5, 0.6) is 0 Å². The topological polar surface area (TPSA) is 197 Å². The van der Waals surface area contributed by atoms with Gasteiger partial charge in [0.25, 0.3) is 5.91 Å². The number of benzene rings is 2. The van der Waals surface area contributed by atoms with Crippen LogP contribution >= 0.6 is 0 Å². The number of nitrogens with zero attached hydrogens (tertiary/aromatic N) is 2. The number of hydrogen-bond donors (Lipinski definition) is 3. The van der Waals surface area contributed by atoms with E-state index >= 15 is 0 Å². The van der Waals surface area contributed by atoms with Gasteiger partial charge in [-0.15, -0.1) is 0 Å². The van der Waals surface area contributed by atoms with Crippen molar-refractivity contribution in [2.24, 2.45) is 0 Å². The highest BCUT2D eigenvalue weighted by Crippen LogP contribution is 2.25. The zero-order valence-electron chi connectivity index (χ0n) is 22.6. The Bertz CT molecular complexity index is 1540. The summed E-state index contributed by atoms with van der Waals surface area (Å²) in [4.78, 5) is 76.7. The van der Waals surface area contributed by atoms with E-state index in [1.807, 2.05) is 0 Å². The number of amides is 3. The van der Waals surface area contributed by atoms with Crippen molar-refractivity contribution >= 4 is 56.2 Å². The van der Waals surface area contributed by atoms with E-state index in [1.165, 1.54) is 6.07 Å². The second kappa shape index (κ2) is 12.7. The van der Waals surface area contributed by atoms with Crippen LogP contribution in [-0.4, -0.2) is 96.5 Å². The van der Waals surface area contributed by atoms with Crippen molar-refractivity contribution in [1.29, 1.82) is 0 Å². The summed E-state index contributed by atoms with van der Waals surface area (Å²) in [6.45, 7) is -0.722. The smallest absolute Gasteiger partial charge is 0.339 e. The molecular weight excluding hydrogens is 572 g/mol. The summed E-state index contributed by atoms with van der Waals surface area (Å²) in [5.74, 6) is -5.37. The van der Waals surface area contributed by atoms with Gasteiger partial charge in [-0.2, -0.15) is 0 Å². The fourth-order valence-corrected chi connectivity index (χ4v) is 5.78. The Morgan fingerprint density at radius 3 is 2.50 bits per heavy atom. The first-order valence-corrected chi connectivity index (χ1v) is 15.1. The minimum Gasteiger partial charge on any atom is -0.481 e. The summed E-state index contributed by atoms with van der Waals surface area (Å²) >= 11 is 0. The zero-order valence-corrected chi connectivity index (χ0v) is 23.5. The van der Waals surface area contributed by atoms with Gasteiger partial charge in [-0.3, -0.25) is 29.0 Å². The van der Waals surface area contributed by atoms with Gasteiger partial charge >= 0.3 is 11.9 Å². The number of sulfonamides is 1. The number of carbonyl (C=O) groups excluding carboxylic acids is 5. The lowest BCUT2D eigenvalue weighted by molar-refractivity contribution is -0.176.